The Morgan fingerprint density at radius 3 is 2.69 bits per heavy atom. The van der Waals surface area contributed by atoms with Gasteiger partial charge in [-0.1, -0.05) is 6.07 Å². The number of hydrogen-bond donors (Lipinski definition) is 0. The van der Waals surface area contributed by atoms with E-state index < -0.39 is 16.1 Å². The summed E-state index contributed by atoms with van der Waals surface area (Å²) in [6.45, 7) is 1.61. The number of amides is 1. The molecule has 0 N–H and O–H groups in total. The minimum absolute atomic E-state index is 0.0143. The van der Waals surface area contributed by atoms with Crippen molar-refractivity contribution in [1.82, 2.24) is 0 Å². The molecule has 1 fully saturated rings. The van der Waals surface area contributed by atoms with Crippen molar-refractivity contribution in [2.24, 2.45) is 0 Å². The van der Waals surface area contributed by atoms with E-state index in [1.165, 1.54) is 34.9 Å². The van der Waals surface area contributed by atoms with E-state index in [4.69, 9.17) is 9.47 Å². The maximum absolute atomic E-state index is 14.0. The normalized spacial score (nSPS) is 18.5. The van der Waals surface area contributed by atoms with Gasteiger partial charge >= 0.3 is 0 Å². The summed E-state index contributed by atoms with van der Waals surface area (Å²) in [6.07, 6.45) is 0. The van der Waals surface area contributed by atoms with Crippen LogP contribution in [0.3, 0.4) is 0 Å². The summed E-state index contributed by atoms with van der Waals surface area (Å²) in [5.41, 5.74) is 0.967. The van der Waals surface area contributed by atoms with Crippen LogP contribution in [0, 0.1) is 22.9 Å². The molecule has 0 bridgehead atoms. The Bertz CT molecular complexity index is 936. The van der Waals surface area contributed by atoms with Crippen LogP contribution in [-0.4, -0.2) is 23.4 Å². The molecule has 2 aromatic rings. The van der Waals surface area contributed by atoms with Gasteiger partial charge in [-0.05, 0) is 30.7 Å². The van der Waals surface area contributed by atoms with Gasteiger partial charge in [0.15, 0.2) is 11.5 Å². The Hall–Kier alpha value is -2.81. The molecule has 1 saturated heterocycles. The van der Waals surface area contributed by atoms with E-state index in [9.17, 15) is 19.3 Å². The number of fused-ring (bicyclic) bond motifs is 1. The summed E-state index contributed by atoms with van der Waals surface area (Å²) in [4.78, 5) is 24.8. The first-order chi connectivity index (χ1) is 12.5. The Morgan fingerprint density at radius 1 is 1.27 bits per heavy atom. The number of benzene rings is 2. The average molecular weight is 376 g/mol. The lowest BCUT2D eigenvalue weighted by Gasteiger charge is -2.24. The van der Waals surface area contributed by atoms with Gasteiger partial charge < -0.3 is 9.47 Å². The molecular weight excluding hydrogens is 363 g/mol. The SMILES string of the molecule is Cc1ccc(N2C(=O)CSC2c2cc3c(cc2[N+](=O)[O-])OCO3)cc1F. The number of carbonyl (C=O) groups excluding carboxylic acids is 1. The van der Waals surface area contributed by atoms with Crippen molar-refractivity contribution in [2.75, 3.05) is 17.4 Å². The lowest BCUT2D eigenvalue weighted by atomic mass is 10.1. The van der Waals surface area contributed by atoms with Gasteiger partial charge in [0.1, 0.15) is 11.2 Å². The molecule has 0 aliphatic carbocycles. The van der Waals surface area contributed by atoms with Crippen LogP contribution in [0.4, 0.5) is 15.8 Å². The summed E-state index contributed by atoms with van der Waals surface area (Å²) < 4.78 is 24.5. The lowest BCUT2D eigenvalue weighted by molar-refractivity contribution is -0.385. The molecule has 2 heterocycles. The maximum Gasteiger partial charge on any atom is 0.279 e. The molecule has 0 saturated carbocycles. The fourth-order valence-corrected chi connectivity index (χ4v) is 4.16. The molecule has 0 spiro atoms. The monoisotopic (exact) mass is 376 g/mol. The zero-order valence-electron chi connectivity index (χ0n) is 13.6. The Morgan fingerprint density at radius 2 is 2.00 bits per heavy atom. The molecule has 1 unspecified atom stereocenters. The molecule has 2 aliphatic rings. The summed E-state index contributed by atoms with van der Waals surface area (Å²) in [7, 11) is 0. The Kier molecular flexibility index (Phi) is 3.95. The van der Waals surface area contributed by atoms with E-state index in [1.807, 2.05) is 0 Å². The van der Waals surface area contributed by atoms with E-state index in [0.29, 0.717) is 28.3 Å². The predicted molar refractivity (Wildman–Crippen MR) is 93.0 cm³/mol. The molecule has 9 heteroatoms. The second-order valence-electron chi connectivity index (χ2n) is 5.88. The van der Waals surface area contributed by atoms with E-state index >= 15 is 0 Å². The molecule has 0 aromatic heterocycles. The highest BCUT2D eigenvalue weighted by atomic mass is 32.2. The van der Waals surface area contributed by atoms with Crippen molar-refractivity contribution in [3.8, 4) is 11.5 Å². The van der Waals surface area contributed by atoms with Gasteiger partial charge in [-0.2, -0.15) is 0 Å². The molecule has 26 heavy (non-hydrogen) atoms. The topological polar surface area (TPSA) is 81.9 Å². The van der Waals surface area contributed by atoms with Gasteiger partial charge in [0.05, 0.1) is 22.3 Å². The second kappa shape index (κ2) is 6.17. The highest BCUT2D eigenvalue weighted by molar-refractivity contribution is 8.00. The predicted octanol–water partition coefficient (Wildman–Crippen LogP) is 3.55. The minimum atomic E-state index is -0.653. The first-order valence-electron chi connectivity index (χ1n) is 7.73. The van der Waals surface area contributed by atoms with Gasteiger partial charge in [0, 0.05) is 5.69 Å². The molecular formula is C17H13FN2O5S. The largest absolute Gasteiger partial charge is 0.454 e. The zero-order valence-corrected chi connectivity index (χ0v) is 14.4. The first kappa shape index (κ1) is 16.6. The van der Waals surface area contributed by atoms with E-state index in [2.05, 4.69) is 0 Å². The van der Waals surface area contributed by atoms with Crippen LogP contribution in [0.5, 0.6) is 11.5 Å². The maximum atomic E-state index is 14.0. The van der Waals surface area contributed by atoms with E-state index in [0.717, 1.165) is 0 Å². The number of halogens is 1. The highest BCUT2D eigenvalue weighted by Gasteiger charge is 2.39. The fourth-order valence-electron chi connectivity index (χ4n) is 2.97. The number of hydrogen-bond acceptors (Lipinski definition) is 6. The molecule has 134 valence electrons. The summed E-state index contributed by atoms with van der Waals surface area (Å²) in [5.74, 6) is 0.149. The van der Waals surface area contributed by atoms with Gasteiger partial charge in [-0.15, -0.1) is 11.8 Å². The van der Waals surface area contributed by atoms with Crippen LogP contribution in [0.1, 0.15) is 16.5 Å². The zero-order chi connectivity index (χ0) is 18.4. The minimum Gasteiger partial charge on any atom is -0.454 e. The number of rotatable bonds is 3. The first-order valence-corrected chi connectivity index (χ1v) is 8.78. The third-order valence-electron chi connectivity index (χ3n) is 4.29. The van der Waals surface area contributed by atoms with Gasteiger partial charge in [0.25, 0.3) is 5.69 Å². The third kappa shape index (κ3) is 2.64. The standard InChI is InChI=1S/C17H13FN2O5S/c1-9-2-3-10(4-12(9)18)19-16(21)7-26-17(19)11-5-14-15(25-8-24-14)6-13(11)20(22)23/h2-6,17H,7-8H2,1H3. The number of nitrogens with zero attached hydrogens (tertiary/aromatic N) is 2. The van der Waals surface area contributed by atoms with E-state index in [1.54, 1.807) is 19.1 Å². The smallest absolute Gasteiger partial charge is 0.279 e. The van der Waals surface area contributed by atoms with Crippen molar-refractivity contribution >= 4 is 29.0 Å². The summed E-state index contributed by atoms with van der Waals surface area (Å²) in [5, 5.41) is 10.9. The van der Waals surface area contributed by atoms with Crippen LogP contribution >= 0.6 is 11.8 Å². The van der Waals surface area contributed by atoms with Crippen molar-refractivity contribution in [3.05, 3.63) is 57.4 Å². The van der Waals surface area contributed by atoms with Crippen LogP contribution in [0.25, 0.3) is 0 Å². The molecule has 2 aliphatic heterocycles. The third-order valence-corrected chi connectivity index (χ3v) is 5.48. The van der Waals surface area contributed by atoms with Crippen molar-refractivity contribution in [2.45, 2.75) is 12.3 Å². The van der Waals surface area contributed by atoms with Crippen molar-refractivity contribution in [3.63, 3.8) is 0 Å². The number of anilines is 1. The molecule has 7 nitrogen and oxygen atoms in total. The van der Waals surface area contributed by atoms with Crippen LogP contribution in [0.2, 0.25) is 0 Å². The lowest BCUT2D eigenvalue weighted by Crippen LogP contribution is -2.28. The Balaban J connectivity index is 1.82. The molecule has 1 atom stereocenters. The molecule has 1 amide bonds. The number of nitro benzene ring substituents is 1. The number of carbonyl (C=O) groups is 1. The molecule has 2 aromatic carbocycles. The number of thioether (sulfide) groups is 1. The summed E-state index contributed by atoms with van der Waals surface area (Å²) >= 11 is 1.25. The average Bonchev–Trinajstić information content (AvgIpc) is 3.22. The van der Waals surface area contributed by atoms with Crippen molar-refractivity contribution < 1.29 is 23.6 Å². The van der Waals surface area contributed by atoms with Crippen LogP contribution < -0.4 is 14.4 Å². The van der Waals surface area contributed by atoms with Gasteiger partial charge in [-0.3, -0.25) is 19.8 Å². The summed E-state index contributed by atoms with van der Waals surface area (Å²) in [6, 6.07) is 7.30. The van der Waals surface area contributed by atoms with E-state index in [-0.39, 0.29) is 24.1 Å². The number of aryl methyl sites for hydroxylation is 1. The van der Waals surface area contributed by atoms with Gasteiger partial charge in [-0.25, -0.2) is 4.39 Å². The van der Waals surface area contributed by atoms with Crippen LogP contribution in [0.15, 0.2) is 30.3 Å². The highest BCUT2D eigenvalue weighted by Crippen LogP contribution is 2.48. The fraction of sp³-hybridized carbons (Fsp3) is 0.235. The van der Waals surface area contributed by atoms with Gasteiger partial charge in [0.2, 0.25) is 12.7 Å². The second-order valence-corrected chi connectivity index (χ2v) is 6.95. The number of nitro groups is 1. The molecule has 4 rings (SSSR count). The molecule has 0 radical (unpaired) electrons. The number of ether oxygens (including phenoxy) is 2. The van der Waals surface area contributed by atoms with Crippen molar-refractivity contribution in [1.29, 1.82) is 0 Å². The quantitative estimate of drug-likeness (QED) is 0.602. The Labute approximate surface area is 151 Å². The van der Waals surface area contributed by atoms with Crippen LogP contribution in [-0.2, 0) is 4.79 Å².